The van der Waals surface area contributed by atoms with Gasteiger partial charge in [-0.3, -0.25) is 4.79 Å². The molecule has 1 aromatic heterocycles. The van der Waals surface area contributed by atoms with Gasteiger partial charge < -0.3 is 4.90 Å². The number of hydrogen-bond donors (Lipinski definition) is 0. The fourth-order valence-corrected chi connectivity index (χ4v) is 5.19. The van der Waals surface area contributed by atoms with E-state index in [4.69, 9.17) is 5.10 Å². The summed E-state index contributed by atoms with van der Waals surface area (Å²) in [5.74, 6) is 1.28. The summed E-state index contributed by atoms with van der Waals surface area (Å²) in [6.45, 7) is 6.20. The molecule has 3 aliphatic carbocycles. The van der Waals surface area contributed by atoms with Gasteiger partial charge in [0.1, 0.15) is 0 Å². The molecule has 4 heteroatoms. The first kappa shape index (κ1) is 19.0. The minimum absolute atomic E-state index is 0. The number of rotatable bonds is 3. The number of allylic oxidation sites excluding steroid dienone is 6. The smallest absolute Gasteiger partial charge is 0.253 e. The molecule has 1 saturated heterocycles. The van der Waals surface area contributed by atoms with Crippen LogP contribution in [-0.2, 0) is 4.79 Å². The number of carbonyl (C=O) groups is 1. The Labute approximate surface area is 168 Å². The zero-order valence-corrected chi connectivity index (χ0v) is 16.2. The van der Waals surface area contributed by atoms with Crippen molar-refractivity contribution in [2.45, 2.75) is 52.9 Å². The molecule has 148 valence electrons. The van der Waals surface area contributed by atoms with Crippen LogP contribution in [0.2, 0.25) is 0 Å². The van der Waals surface area contributed by atoms with Gasteiger partial charge in [0, 0.05) is 47.3 Å². The summed E-state index contributed by atoms with van der Waals surface area (Å²) in [6.07, 6.45) is 17.0. The third-order valence-corrected chi connectivity index (χ3v) is 6.64. The number of carbonyl (C=O) groups excluding carboxylic acids is 1. The minimum Gasteiger partial charge on any atom is -0.337 e. The van der Waals surface area contributed by atoms with Crippen LogP contribution < -0.4 is 0 Å². The van der Waals surface area contributed by atoms with Gasteiger partial charge in [-0.05, 0) is 44.7 Å². The Morgan fingerprint density at radius 1 is 1.25 bits per heavy atom. The molecule has 1 amide bonds. The van der Waals surface area contributed by atoms with E-state index in [0.717, 1.165) is 37.2 Å². The quantitative estimate of drug-likeness (QED) is 0.755. The molecule has 0 aromatic carbocycles. The number of amides is 1. The van der Waals surface area contributed by atoms with E-state index < -0.39 is 0 Å². The molecule has 5 rings (SSSR count). The maximum atomic E-state index is 12.5. The number of aryl methyl sites for hydroxylation is 1. The number of aromatic nitrogens is 2. The molecule has 28 heavy (non-hydrogen) atoms. The van der Waals surface area contributed by atoms with E-state index >= 15 is 0 Å². The molecule has 0 radical (unpaired) electrons. The molecule has 2 heterocycles. The molecule has 4 aliphatic rings. The van der Waals surface area contributed by atoms with Crippen LogP contribution in [0.5, 0.6) is 0 Å². The standard InChI is InChI=1S/C23H27N3O.CH4/c1-16-7-3-6-10-20(16)26-21(11-17(2)24-26)19-12-23(13-19)14-25(15-23)22(27)18-8-4-5-9-18;/h3-4,6,8-11,16,19H,5,7,12-15H2,1-2H3;1H4. The lowest BCUT2D eigenvalue weighted by molar-refractivity contribution is -0.146. The molecule has 4 nitrogen and oxygen atoms in total. The third-order valence-electron chi connectivity index (χ3n) is 6.64. The summed E-state index contributed by atoms with van der Waals surface area (Å²) in [6, 6.07) is 2.26. The lowest BCUT2D eigenvalue weighted by atomic mass is 9.56. The first-order valence-corrected chi connectivity index (χ1v) is 10.1. The summed E-state index contributed by atoms with van der Waals surface area (Å²) in [4.78, 5) is 14.5. The highest BCUT2D eigenvalue weighted by atomic mass is 16.2. The summed E-state index contributed by atoms with van der Waals surface area (Å²) in [7, 11) is 0. The van der Waals surface area contributed by atoms with Gasteiger partial charge >= 0.3 is 0 Å². The molecular formula is C24H31N3O. The highest BCUT2D eigenvalue weighted by Gasteiger charge is 2.54. The Morgan fingerprint density at radius 3 is 2.71 bits per heavy atom. The Kier molecular flexibility index (Phi) is 4.68. The first-order chi connectivity index (χ1) is 13.0. The summed E-state index contributed by atoms with van der Waals surface area (Å²) < 4.78 is 2.21. The third kappa shape index (κ3) is 2.99. The maximum Gasteiger partial charge on any atom is 0.253 e. The van der Waals surface area contributed by atoms with Crippen molar-refractivity contribution in [1.29, 1.82) is 0 Å². The molecule has 1 aromatic rings. The van der Waals surface area contributed by atoms with E-state index in [1.807, 2.05) is 17.1 Å². The molecule has 0 bridgehead atoms. The van der Waals surface area contributed by atoms with Crippen molar-refractivity contribution in [1.82, 2.24) is 14.7 Å². The van der Waals surface area contributed by atoms with Crippen molar-refractivity contribution in [3.8, 4) is 0 Å². The predicted octanol–water partition coefficient (Wildman–Crippen LogP) is 4.86. The van der Waals surface area contributed by atoms with E-state index in [1.54, 1.807) is 0 Å². The van der Waals surface area contributed by atoms with Crippen LogP contribution in [0.15, 0.2) is 48.1 Å². The molecule has 1 spiro atoms. The van der Waals surface area contributed by atoms with Crippen LogP contribution in [0, 0.1) is 18.3 Å². The SMILES string of the molecule is C.Cc1cc(C2CC3(C2)CN(C(=O)C2=CCC=C2)C3)n(C2=CC=CCC2C)n1. The van der Waals surface area contributed by atoms with E-state index in [0.29, 0.717) is 17.3 Å². The lowest BCUT2D eigenvalue weighted by Crippen LogP contribution is -2.63. The van der Waals surface area contributed by atoms with Gasteiger partial charge in [-0.1, -0.05) is 44.7 Å². The zero-order valence-electron chi connectivity index (χ0n) is 16.2. The van der Waals surface area contributed by atoms with Crippen molar-refractivity contribution in [3.63, 3.8) is 0 Å². The van der Waals surface area contributed by atoms with E-state index in [9.17, 15) is 4.79 Å². The van der Waals surface area contributed by atoms with E-state index in [2.05, 4.69) is 48.9 Å². The minimum atomic E-state index is 0. The highest BCUT2D eigenvalue weighted by Crippen LogP contribution is 2.56. The second kappa shape index (κ2) is 6.91. The van der Waals surface area contributed by atoms with Crippen molar-refractivity contribution in [2.75, 3.05) is 13.1 Å². The second-order valence-corrected chi connectivity index (χ2v) is 8.84. The summed E-state index contributed by atoms with van der Waals surface area (Å²) in [5.41, 5.74) is 4.99. The van der Waals surface area contributed by atoms with Crippen molar-refractivity contribution < 1.29 is 4.79 Å². The molecule has 1 saturated carbocycles. The second-order valence-electron chi connectivity index (χ2n) is 8.84. The van der Waals surface area contributed by atoms with Crippen molar-refractivity contribution in [2.24, 2.45) is 11.3 Å². The average molecular weight is 378 g/mol. The van der Waals surface area contributed by atoms with Crippen LogP contribution in [-0.4, -0.2) is 33.7 Å². The summed E-state index contributed by atoms with van der Waals surface area (Å²) >= 11 is 0. The Hall–Kier alpha value is -2.36. The van der Waals surface area contributed by atoms with Crippen LogP contribution in [0.3, 0.4) is 0 Å². The maximum absolute atomic E-state index is 12.5. The first-order valence-electron chi connectivity index (χ1n) is 10.1. The van der Waals surface area contributed by atoms with Crippen LogP contribution in [0.4, 0.5) is 0 Å². The topological polar surface area (TPSA) is 38.1 Å². The van der Waals surface area contributed by atoms with Crippen molar-refractivity contribution in [3.05, 3.63) is 59.5 Å². The van der Waals surface area contributed by atoms with Gasteiger partial charge in [-0.2, -0.15) is 5.10 Å². The molecule has 2 fully saturated rings. The van der Waals surface area contributed by atoms with Crippen molar-refractivity contribution >= 4 is 11.6 Å². The number of likely N-dealkylation sites (tertiary alicyclic amines) is 1. The van der Waals surface area contributed by atoms with Gasteiger partial charge in [-0.25, -0.2) is 4.68 Å². The van der Waals surface area contributed by atoms with Gasteiger partial charge in [0.2, 0.25) is 0 Å². The summed E-state index contributed by atoms with van der Waals surface area (Å²) in [5, 5.41) is 4.81. The molecule has 1 atom stereocenters. The lowest BCUT2D eigenvalue weighted by Gasteiger charge is -2.59. The van der Waals surface area contributed by atoms with Gasteiger partial charge in [0.25, 0.3) is 5.91 Å². The van der Waals surface area contributed by atoms with Crippen LogP contribution in [0.1, 0.15) is 57.3 Å². The molecule has 1 aliphatic heterocycles. The fraction of sp³-hybridized carbons (Fsp3) is 0.500. The Balaban J connectivity index is 0.00000192. The Bertz CT molecular complexity index is 900. The number of hydrogen-bond acceptors (Lipinski definition) is 2. The average Bonchev–Trinajstić information content (AvgIpc) is 3.22. The largest absolute Gasteiger partial charge is 0.337 e. The molecular weight excluding hydrogens is 346 g/mol. The van der Waals surface area contributed by atoms with Gasteiger partial charge in [-0.15, -0.1) is 0 Å². The zero-order chi connectivity index (χ0) is 18.6. The Morgan fingerprint density at radius 2 is 2.04 bits per heavy atom. The van der Waals surface area contributed by atoms with E-state index in [-0.39, 0.29) is 13.3 Å². The molecule has 0 N–H and O–H groups in total. The molecule has 1 unspecified atom stereocenters. The predicted molar refractivity (Wildman–Crippen MR) is 114 cm³/mol. The van der Waals surface area contributed by atoms with Gasteiger partial charge in [0.15, 0.2) is 0 Å². The van der Waals surface area contributed by atoms with Gasteiger partial charge in [0.05, 0.1) is 5.69 Å². The number of nitrogens with zero attached hydrogens (tertiary/aromatic N) is 3. The van der Waals surface area contributed by atoms with Crippen LogP contribution in [0.25, 0.3) is 5.70 Å². The van der Waals surface area contributed by atoms with Crippen LogP contribution >= 0.6 is 0 Å². The highest BCUT2D eigenvalue weighted by molar-refractivity contribution is 5.97. The van der Waals surface area contributed by atoms with E-state index in [1.165, 1.54) is 24.2 Å². The monoisotopic (exact) mass is 377 g/mol. The normalized spacial score (nSPS) is 25.1. The fourth-order valence-electron chi connectivity index (χ4n) is 5.19.